The van der Waals surface area contributed by atoms with Gasteiger partial charge in [0.15, 0.2) is 0 Å². The molecule has 3 rings (SSSR count). The number of aliphatic hydroxyl groups excluding tert-OH is 1. The summed E-state index contributed by atoms with van der Waals surface area (Å²) < 4.78 is 0. The summed E-state index contributed by atoms with van der Waals surface area (Å²) >= 11 is 0. The van der Waals surface area contributed by atoms with Crippen molar-refractivity contribution in [3.05, 3.63) is 48.0 Å². The number of fused-ring (bicyclic) bond motifs is 2. The molecule has 2 bridgehead atoms. The van der Waals surface area contributed by atoms with Crippen molar-refractivity contribution in [2.75, 3.05) is 13.2 Å². The van der Waals surface area contributed by atoms with Gasteiger partial charge in [-0.05, 0) is 49.6 Å². The number of nitrogens with one attached hydrogen (secondary N) is 1. The first-order valence-corrected chi connectivity index (χ1v) is 7.31. The minimum Gasteiger partial charge on any atom is -0.394 e. The first kappa shape index (κ1) is 12.9. The highest BCUT2D eigenvalue weighted by Gasteiger charge is 2.36. The van der Waals surface area contributed by atoms with Crippen molar-refractivity contribution in [1.29, 1.82) is 0 Å². The molecule has 0 spiro atoms. The lowest BCUT2D eigenvalue weighted by atomic mass is 9.89. The van der Waals surface area contributed by atoms with Crippen molar-refractivity contribution in [2.24, 2.45) is 17.8 Å². The average molecular weight is 257 g/mol. The van der Waals surface area contributed by atoms with E-state index in [0.717, 1.165) is 29.9 Å². The standard InChI is InChI=1S/C17H23NO/c1-17(12-19,16-5-3-2-4-6-16)18-11-15-10-13-7-8-14(15)9-13/h2-8,13-15,18-19H,9-12H2,1H3. The van der Waals surface area contributed by atoms with Crippen LogP contribution in [0.4, 0.5) is 0 Å². The third kappa shape index (κ3) is 2.47. The molecule has 19 heavy (non-hydrogen) atoms. The van der Waals surface area contributed by atoms with Gasteiger partial charge < -0.3 is 10.4 Å². The van der Waals surface area contributed by atoms with Gasteiger partial charge in [-0.15, -0.1) is 0 Å². The molecule has 0 amide bonds. The van der Waals surface area contributed by atoms with E-state index in [4.69, 9.17) is 0 Å². The summed E-state index contributed by atoms with van der Waals surface area (Å²) in [6, 6.07) is 10.3. The monoisotopic (exact) mass is 257 g/mol. The number of benzene rings is 1. The molecular weight excluding hydrogens is 234 g/mol. The number of rotatable bonds is 5. The Balaban J connectivity index is 1.65. The van der Waals surface area contributed by atoms with Crippen molar-refractivity contribution in [1.82, 2.24) is 5.32 Å². The molecule has 1 saturated carbocycles. The molecule has 1 aromatic carbocycles. The minimum atomic E-state index is -0.327. The van der Waals surface area contributed by atoms with Gasteiger partial charge in [0.2, 0.25) is 0 Å². The van der Waals surface area contributed by atoms with Crippen molar-refractivity contribution >= 4 is 0 Å². The van der Waals surface area contributed by atoms with Crippen LogP contribution in [0, 0.1) is 17.8 Å². The first-order chi connectivity index (χ1) is 9.21. The Labute approximate surface area is 115 Å². The Bertz CT molecular complexity index is 456. The first-order valence-electron chi connectivity index (χ1n) is 7.31. The molecular formula is C17H23NO. The van der Waals surface area contributed by atoms with Gasteiger partial charge in [0.05, 0.1) is 12.1 Å². The number of aliphatic hydroxyl groups is 1. The molecule has 0 saturated heterocycles. The zero-order valence-electron chi connectivity index (χ0n) is 11.5. The van der Waals surface area contributed by atoms with E-state index in [2.05, 4.69) is 36.5 Å². The molecule has 2 heteroatoms. The summed E-state index contributed by atoms with van der Waals surface area (Å²) in [4.78, 5) is 0. The lowest BCUT2D eigenvalue weighted by Gasteiger charge is -2.32. The van der Waals surface area contributed by atoms with Gasteiger partial charge in [0.25, 0.3) is 0 Å². The van der Waals surface area contributed by atoms with E-state index in [-0.39, 0.29) is 12.1 Å². The van der Waals surface area contributed by atoms with Crippen LogP contribution in [0.3, 0.4) is 0 Å². The summed E-state index contributed by atoms with van der Waals surface area (Å²) in [6.07, 6.45) is 7.42. The maximum absolute atomic E-state index is 9.77. The Morgan fingerprint density at radius 3 is 2.58 bits per heavy atom. The molecule has 1 fully saturated rings. The fourth-order valence-electron chi connectivity index (χ4n) is 3.54. The maximum atomic E-state index is 9.77. The van der Waals surface area contributed by atoms with E-state index >= 15 is 0 Å². The van der Waals surface area contributed by atoms with Gasteiger partial charge in [0, 0.05) is 0 Å². The Kier molecular flexibility index (Phi) is 3.46. The van der Waals surface area contributed by atoms with Crippen LogP contribution < -0.4 is 5.32 Å². The predicted octanol–water partition coefficient (Wildman–Crippen LogP) is 2.70. The maximum Gasteiger partial charge on any atom is 0.0652 e. The van der Waals surface area contributed by atoms with Crippen molar-refractivity contribution in [3.8, 4) is 0 Å². The molecule has 2 nitrogen and oxygen atoms in total. The number of hydrogen-bond donors (Lipinski definition) is 2. The van der Waals surface area contributed by atoms with Crippen LogP contribution in [0.25, 0.3) is 0 Å². The van der Waals surface area contributed by atoms with Crippen LogP contribution >= 0.6 is 0 Å². The van der Waals surface area contributed by atoms with Gasteiger partial charge in [-0.1, -0.05) is 42.5 Å². The molecule has 0 radical (unpaired) electrons. The van der Waals surface area contributed by atoms with Crippen LogP contribution in [-0.2, 0) is 5.54 Å². The van der Waals surface area contributed by atoms with E-state index in [1.165, 1.54) is 12.8 Å². The van der Waals surface area contributed by atoms with E-state index < -0.39 is 0 Å². The van der Waals surface area contributed by atoms with E-state index in [0.29, 0.717) is 0 Å². The van der Waals surface area contributed by atoms with Gasteiger partial charge in [-0.2, -0.15) is 0 Å². The third-order valence-electron chi connectivity index (χ3n) is 4.90. The third-order valence-corrected chi connectivity index (χ3v) is 4.90. The molecule has 0 aromatic heterocycles. The molecule has 102 valence electrons. The zero-order valence-corrected chi connectivity index (χ0v) is 11.5. The van der Waals surface area contributed by atoms with Crippen LogP contribution in [0.5, 0.6) is 0 Å². The molecule has 0 aliphatic heterocycles. The summed E-state index contributed by atoms with van der Waals surface area (Å²) in [5.41, 5.74) is 0.837. The highest BCUT2D eigenvalue weighted by atomic mass is 16.3. The molecule has 2 N–H and O–H groups in total. The summed E-state index contributed by atoms with van der Waals surface area (Å²) in [6.45, 7) is 3.22. The summed E-state index contributed by atoms with van der Waals surface area (Å²) in [7, 11) is 0. The highest BCUT2D eigenvalue weighted by Crippen LogP contribution is 2.43. The van der Waals surface area contributed by atoms with Crippen LogP contribution in [0.15, 0.2) is 42.5 Å². The summed E-state index contributed by atoms with van der Waals surface area (Å²) in [5.74, 6) is 2.31. The second-order valence-electron chi connectivity index (χ2n) is 6.28. The van der Waals surface area contributed by atoms with Crippen molar-refractivity contribution < 1.29 is 5.11 Å². The van der Waals surface area contributed by atoms with Crippen LogP contribution in [0.2, 0.25) is 0 Å². The topological polar surface area (TPSA) is 32.3 Å². The second-order valence-corrected chi connectivity index (χ2v) is 6.28. The van der Waals surface area contributed by atoms with Gasteiger partial charge >= 0.3 is 0 Å². The minimum absolute atomic E-state index is 0.133. The Morgan fingerprint density at radius 1 is 1.21 bits per heavy atom. The largest absolute Gasteiger partial charge is 0.394 e. The van der Waals surface area contributed by atoms with E-state index in [1.807, 2.05) is 18.2 Å². The SMILES string of the molecule is CC(CO)(NCC1CC2C=CC1C2)c1ccccc1. The molecule has 1 aromatic rings. The molecule has 4 atom stereocenters. The van der Waals surface area contributed by atoms with Crippen molar-refractivity contribution in [3.63, 3.8) is 0 Å². The molecule has 4 unspecified atom stereocenters. The van der Waals surface area contributed by atoms with Crippen LogP contribution in [0.1, 0.15) is 25.3 Å². The predicted molar refractivity (Wildman–Crippen MR) is 77.7 cm³/mol. The number of hydrogen-bond acceptors (Lipinski definition) is 2. The van der Waals surface area contributed by atoms with Gasteiger partial charge in [-0.3, -0.25) is 0 Å². The highest BCUT2D eigenvalue weighted by molar-refractivity contribution is 5.24. The smallest absolute Gasteiger partial charge is 0.0652 e. The molecule has 0 heterocycles. The summed E-state index contributed by atoms with van der Waals surface area (Å²) in [5, 5.41) is 13.4. The lowest BCUT2D eigenvalue weighted by Crippen LogP contribution is -2.45. The van der Waals surface area contributed by atoms with Crippen molar-refractivity contribution in [2.45, 2.75) is 25.3 Å². The fraction of sp³-hybridized carbons (Fsp3) is 0.529. The van der Waals surface area contributed by atoms with Gasteiger partial charge in [0.1, 0.15) is 0 Å². The zero-order chi connectivity index (χ0) is 13.3. The number of allylic oxidation sites excluding steroid dienone is 2. The lowest BCUT2D eigenvalue weighted by molar-refractivity contribution is 0.166. The second kappa shape index (κ2) is 5.10. The van der Waals surface area contributed by atoms with Crippen LogP contribution in [-0.4, -0.2) is 18.3 Å². The average Bonchev–Trinajstić information content (AvgIpc) is 3.08. The fourth-order valence-corrected chi connectivity index (χ4v) is 3.54. The molecule has 2 aliphatic carbocycles. The van der Waals surface area contributed by atoms with E-state index in [1.54, 1.807) is 0 Å². The molecule has 2 aliphatic rings. The Morgan fingerprint density at radius 2 is 2.00 bits per heavy atom. The quantitative estimate of drug-likeness (QED) is 0.795. The normalized spacial score (nSPS) is 31.6. The Hall–Kier alpha value is -1.12. The van der Waals surface area contributed by atoms with E-state index in [9.17, 15) is 5.11 Å². The van der Waals surface area contributed by atoms with Gasteiger partial charge in [-0.25, -0.2) is 0 Å².